The Morgan fingerprint density at radius 3 is 2.78 bits per heavy atom. The molecule has 0 saturated heterocycles. The van der Waals surface area contributed by atoms with Crippen LogP contribution in [0.5, 0.6) is 11.6 Å². The summed E-state index contributed by atoms with van der Waals surface area (Å²) >= 11 is 0. The van der Waals surface area contributed by atoms with E-state index >= 15 is 0 Å². The Kier molecular flexibility index (Phi) is 5.19. The van der Waals surface area contributed by atoms with Crippen molar-refractivity contribution in [2.24, 2.45) is 11.5 Å². The molecule has 0 spiro atoms. The number of pyridine rings is 1. The van der Waals surface area contributed by atoms with E-state index in [1.165, 1.54) is 0 Å². The number of hydrogen-bond acceptors (Lipinski definition) is 7. The molecule has 1 aliphatic rings. The highest BCUT2D eigenvalue weighted by Gasteiger charge is 2.34. The van der Waals surface area contributed by atoms with Crippen molar-refractivity contribution in [1.82, 2.24) is 4.98 Å². The van der Waals surface area contributed by atoms with Crippen LogP contribution >= 0.6 is 0 Å². The SMILES string of the molecule is CCOc1ncc(C)c2c1C(c1ccc(C#N)cc1OC)C(CN)=C(N)N2. The van der Waals surface area contributed by atoms with Crippen molar-refractivity contribution < 1.29 is 9.47 Å². The van der Waals surface area contributed by atoms with Crippen LogP contribution in [0.2, 0.25) is 0 Å². The molecule has 0 radical (unpaired) electrons. The minimum atomic E-state index is -0.289. The van der Waals surface area contributed by atoms with Crippen LogP contribution in [-0.4, -0.2) is 25.2 Å². The molecule has 1 aliphatic heterocycles. The number of nitrogens with one attached hydrogen (secondary N) is 1. The Morgan fingerprint density at radius 1 is 1.37 bits per heavy atom. The molecule has 0 aliphatic carbocycles. The molecule has 140 valence electrons. The van der Waals surface area contributed by atoms with E-state index in [1.54, 1.807) is 25.4 Å². The van der Waals surface area contributed by atoms with Gasteiger partial charge in [-0.2, -0.15) is 5.26 Å². The van der Waals surface area contributed by atoms with Gasteiger partial charge in [-0.25, -0.2) is 4.98 Å². The van der Waals surface area contributed by atoms with E-state index in [1.807, 2.05) is 19.9 Å². The lowest BCUT2D eigenvalue weighted by molar-refractivity contribution is 0.322. The zero-order valence-corrected chi connectivity index (χ0v) is 15.7. The Morgan fingerprint density at radius 2 is 2.15 bits per heavy atom. The maximum Gasteiger partial charge on any atom is 0.219 e. The number of methoxy groups -OCH3 is 1. The van der Waals surface area contributed by atoms with Gasteiger partial charge in [0.25, 0.3) is 0 Å². The van der Waals surface area contributed by atoms with Crippen molar-refractivity contribution in [2.75, 3.05) is 25.6 Å². The number of hydrogen-bond donors (Lipinski definition) is 3. The van der Waals surface area contributed by atoms with Crippen LogP contribution in [0.3, 0.4) is 0 Å². The predicted molar refractivity (Wildman–Crippen MR) is 104 cm³/mol. The summed E-state index contributed by atoms with van der Waals surface area (Å²) in [7, 11) is 1.58. The van der Waals surface area contributed by atoms with Gasteiger partial charge < -0.3 is 26.3 Å². The molecule has 1 unspecified atom stereocenters. The molecule has 1 aromatic heterocycles. The van der Waals surface area contributed by atoms with Gasteiger partial charge in [-0.3, -0.25) is 0 Å². The van der Waals surface area contributed by atoms with Gasteiger partial charge in [0.05, 0.1) is 31.0 Å². The molecule has 0 fully saturated rings. The molecule has 7 heteroatoms. The van der Waals surface area contributed by atoms with Gasteiger partial charge in [-0.1, -0.05) is 6.07 Å². The molecule has 27 heavy (non-hydrogen) atoms. The number of ether oxygens (including phenoxy) is 2. The molecule has 1 atom stereocenters. The summed E-state index contributed by atoms with van der Waals surface area (Å²) in [4.78, 5) is 4.48. The Bertz CT molecular complexity index is 946. The number of aromatic nitrogens is 1. The third-order valence-electron chi connectivity index (χ3n) is 4.69. The van der Waals surface area contributed by atoms with Gasteiger partial charge in [0.1, 0.15) is 11.6 Å². The highest BCUT2D eigenvalue weighted by atomic mass is 16.5. The summed E-state index contributed by atoms with van der Waals surface area (Å²) in [6.07, 6.45) is 1.75. The summed E-state index contributed by atoms with van der Waals surface area (Å²) < 4.78 is 11.4. The molecular formula is C20H23N5O2. The maximum atomic E-state index is 9.21. The molecule has 2 heterocycles. The average Bonchev–Trinajstić information content (AvgIpc) is 2.69. The van der Waals surface area contributed by atoms with Crippen LogP contribution in [-0.2, 0) is 0 Å². The number of fused-ring (bicyclic) bond motifs is 1. The van der Waals surface area contributed by atoms with Crippen molar-refractivity contribution in [3.05, 3.63) is 58.0 Å². The predicted octanol–water partition coefficient (Wildman–Crippen LogP) is 2.36. The topological polar surface area (TPSA) is 119 Å². The number of nitrogens with two attached hydrogens (primary N) is 2. The third-order valence-corrected chi connectivity index (χ3v) is 4.69. The fourth-order valence-corrected chi connectivity index (χ4v) is 3.43. The number of benzene rings is 1. The third kappa shape index (κ3) is 3.15. The Balaban J connectivity index is 2.32. The number of rotatable bonds is 5. The van der Waals surface area contributed by atoms with Crippen molar-refractivity contribution in [1.29, 1.82) is 5.26 Å². The van der Waals surface area contributed by atoms with E-state index in [4.69, 9.17) is 20.9 Å². The average molecular weight is 365 g/mol. The van der Waals surface area contributed by atoms with E-state index in [9.17, 15) is 5.26 Å². The van der Waals surface area contributed by atoms with E-state index in [0.29, 0.717) is 29.6 Å². The minimum Gasteiger partial charge on any atom is -0.496 e. The van der Waals surface area contributed by atoms with Gasteiger partial charge in [-0.05, 0) is 37.1 Å². The maximum absolute atomic E-state index is 9.21. The zero-order valence-electron chi connectivity index (χ0n) is 15.7. The molecular weight excluding hydrogens is 342 g/mol. The van der Waals surface area contributed by atoms with Crippen LogP contribution < -0.4 is 26.3 Å². The standard InChI is InChI=1S/C20H23N5O2/c1-4-27-20-17-16(13-6-5-12(8-21)7-15(13)26-3)14(9-22)19(23)25-18(17)11(2)10-24-20/h5-7,10,16,25H,4,9,22-23H2,1-3H3. The first-order valence-electron chi connectivity index (χ1n) is 8.71. The van der Waals surface area contributed by atoms with Gasteiger partial charge in [-0.15, -0.1) is 0 Å². The van der Waals surface area contributed by atoms with Crippen molar-refractivity contribution >= 4 is 5.69 Å². The van der Waals surface area contributed by atoms with Crippen LogP contribution in [0.1, 0.15) is 35.1 Å². The Hall–Kier alpha value is -3.24. The van der Waals surface area contributed by atoms with E-state index in [0.717, 1.165) is 28.0 Å². The monoisotopic (exact) mass is 365 g/mol. The molecule has 1 aromatic carbocycles. The number of anilines is 1. The van der Waals surface area contributed by atoms with E-state index in [2.05, 4.69) is 16.4 Å². The fraction of sp³-hybridized carbons (Fsp3) is 0.300. The summed E-state index contributed by atoms with van der Waals surface area (Å²) in [5.74, 6) is 1.34. The zero-order chi connectivity index (χ0) is 19.6. The highest BCUT2D eigenvalue weighted by Crippen LogP contribution is 2.47. The van der Waals surface area contributed by atoms with Gasteiger partial charge in [0, 0.05) is 29.8 Å². The fourth-order valence-electron chi connectivity index (χ4n) is 3.43. The lowest BCUT2D eigenvalue weighted by atomic mass is 9.80. The molecule has 0 bridgehead atoms. The lowest BCUT2D eigenvalue weighted by Crippen LogP contribution is -2.29. The Labute approximate surface area is 158 Å². The first-order chi connectivity index (χ1) is 13.0. The van der Waals surface area contributed by atoms with Gasteiger partial charge in [0.15, 0.2) is 0 Å². The van der Waals surface area contributed by atoms with Crippen LogP contribution in [0.4, 0.5) is 5.69 Å². The first-order valence-corrected chi connectivity index (χ1v) is 8.71. The summed E-state index contributed by atoms with van der Waals surface area (Å²) in [6.45, 7) is 4.61. The van der Waals surface area contributed by atoms with Crippen LogP contribution in [0.25, 0.3) is 0 Å². The molecule has 5 N–H and O–H groups in total. The van der Waals surface area contributed by atoms with Gasteiger partial charge in [0.2, 0.25) is 5.88 Å². The van der Waals surface area contributed by atoms with Crippen molar-refractivity contribution in [3.63, 3.8) is 0 Å². The molecule has 3 rings (SSSR count). The molecule has 2 aromatic rings. The van der Waals surface area contributed by atoms with Crippen LogP contribution in [0, 0.1) is 18.3 Å². The largest absolute Gasteiger partial charge is 0.496 e. The first kappa shape index (κ1) is 18.5. The van der Waals surface area contributed by atoms with Gasteiger partial charge >= 0.3 is 0 Å². The quantitative estimate of drug-likeness (QED) is 0.744. The number of nitrogens with zero attached hydrogens (tertiary/aromatic N) is 2. The molecule has 7 nitrogen and oxygen atoms in total. The second-order valence-electron chi connectivity index (χ2n) is 6.24. The highest BCUT2D eigenvalue weighted by molar-refractivity contribution is 5.72. The second-order valence-corrected chi connectivity index (χ2v) is 6.24. The lowest BCUT2D eigenvalue weighted by Gasteiger charge is -2.32. The second kappa shape index (κ2) is 7.56. The van der Waals surface area contributed by atoms with E-state index < -0.39 is 0 Å². The normalized spacial score (nSPS) is 15.6. The summed E-state index contributed by atoms with van der Waals surface area (Å²) in [5.41, 5.74) is 17.2. The van der Waals surface area contributed by atoms with Crippen LogP contribution in [0.15, 0.2) is 35.8 Å². The minimum absolute atomic E-state index is 0.256. The summed E-state index contributed by atoms with van der Waals surface area (Å²) in [6, 6.07) is 7.48. The van der Waals surface area contributed by atoms with Crippen molar-refractivity contribution in [2.45, 2.75) is 19.8 Å². The smallest absolute Gasteiger partial charge is 0.219 e. The van der Waals surface area contributed by atoms with Crippen molar-refractivity contribution in [3.8, 4) is 17.7 Å². The molecule has 0 saturated carbocycles. The number of nitriles is 1. The molecule has 0 amide bonds. The number of aryl methyl sites for hydroxylation is 1. The summed E-state index contributed by atoms with van der Waals surface area (Å²) in [5, 5.41) is 12.5. The van der Waals surface area contributed by atoms with E-state index in [-0.39, 0.29) is 12.5 Å².